The molecule has 0 radical (unpaired) electrons. The van der Waals surface area contributed by atoms with E-state index in [9.17, 15) is 0 Å². The van der Waals surface area contributed by atoms with Crippen molar-refractivity contribution in [2.24, 2.45) is 0 Å². The minimum atomic E-state index is 0.0156. The summed E-state index contributed by atoms with van der Waals surface area (Å²) in [7, 11) is 0. The zero-order chi connectivity index (χ0) is 43.7. The van der Waals surface area contributed by atoms with Crippen LogP contribution in [0.25, 0.3) is 0 Å². The number of rotatable bonds is 12. The average molecular weight is 853 g/mol. The monoisotopic (exact) mass is 853 g/mol. The van der Waals surface area contributed by atoms with Gasteiger partial charge in [-0.2, -0.15) is 0 Å². The van der Waals surface area contributed by atoms with Gasteiger partial charge in [0.2, 0.25) is 0 Å². The van der Waals surface area contributed by atoms with Gasteiger partial charge in [-0.05, 0) is 44.2 Å². The molecule has 4 rings (SSSR count). The molecule has 0 unspecified atom stereocenters. The molecule has 8 heteroatoms. The van der Waals surface area contributed by atoms with Crippen molar-refractivity contribution in [2.45, 2.75) is 88.3 Å². The lowest BCUT2D eigenvalue weighted by atomic mass is 9.84. The third kappa shape index (κ3) is 15.6. The first kappa shape index (κ1) is 50.0. The van der Waals surface area contributed by atoms with Crippen LogP contribution in [-0.4, -0.2) is 133 Å². The second-order valence-corrected chi connectivity index (χ2v) is 20.9. The van der Waals surface area contributed by atoms with E-state index in [4.69, 9.17) is 0 Å². The smallest absolute Gasteiger partial charge is 0.0248 e. The molecular weight excluding hydrogens is 773 g/mol. The Morgan fingerprint density at radius 2 is 0.617 bits per heavy atom. The first-order chi connectivity index (χ1) is 28.7. The van der Waals surface area contributed by atoms with Crippen LogP contribution in [0.1, 0.15) is 74.9 Å². The van der Waals surface area contributed by atoms with Gasteiger partial charge in [0, 0.05) is 139 Å². The molecule has 2 aliphatic heterocycles. The van der Waals surface area contributed by atoms with Crippen LogP contribution in [0.3, 0.4) is 0 Å². The largest absolute Gasteiger partial charge is 0.297 e. The molecule has 60 heavy (non-hydrogen) atoms. The van der Waals surface area contributed by atoms with Gasteiger partial charge in [-0.25, -0.2) is 0 Å². The maximum atomic E-state index is 4.22. The van der Waals surface area contributed by atoms with Crippen LogP contribution in [0.15, 0.2) is 110 Å². The molecule has 0 amide bonds. The number of hydrogen-bond donors (Lipinski definition) is 0. The van der Waals surface area contributed by atoms with Crippen molar-refractivity contribution >= 4 is 23.5 Å². The van der Waals surface area contributed by atoms with E-state index in [1.165, 1.54) is 43.2 Å². The number of hydrogen-bond acceptors (Lipinski definition) is 8. The van der Waals surface area contributed by atoms with E-state index in [-0.39, 0.29) is 10.8 Å². The highest BCUT2D eigenvalue weighted by Gasteiger charge is 2.25. The van der Waals surface area contributed by atoms with Gasteiger partial charge in [0.05, 0.1) is 0 Å². The summed E-state index contributed by atoms with van der Waals surface area (Å²) in [6, 6.07) is 10.1. The molecule has 0 saturated carbocycles. The molecule has 6 nitrogen and oxygen atoms in total. The zero-order valence-electron chi connectivity index (χ0n) is 38.7. The van der Waals surface area contributed by atoms with Crippen molar-refractivity contribution in [3.05, 3.63) is 134 Å². The number of nitrogens with zero attached hydrogens (tertiary/aromatic N) is 6. The minimum absolute atomic E-state index is 0.0156. The topological polar surface area (TPSA) is 19.4 Å². The minimum Gasteiger partial charge on any atom is -0.297 e. The van der Waals surface area contributed by atoms with E-state index in [1.807, 2.05) is 0 Å². The molecule has 2 aromatic rings. The molecule has 2 aromatic carbocycles. The van der Waals surface area contributed by atoms with Crippen LogP contribution in [0.4, 0.5) is 0 Å². The fourth-order valence-corrected chi connectivity index (χ4v) is 10.5. The number of thioether (sulfide) groups is 2. The van der Waals surface area contributed by atoms with E-state index in [1.54, 1.807) is 0 Å². The number of fused-ring (bicyclic) bond motifs is 3. The van der Waals surface area contributed by atoms with Crippen LogP contribution < -0.4 is 0 Å². The lowest BCUT2D eigenvalue weighted by Gasteiger charge is -2.32. The fraction of sp³-hybridized carbons (Fsp3) is 0.538. The quantitative estimate of drug-likeness (QED) is 0.194. The summed E-state index contributed by atoms with van der Waals surface area (Å²) in [6.45, 7) is 55.7. The van der Waals surface area contributed by atoms with Crippen molar-refractivity contribution in [1.82, 2.24) is 29.4 Å². The molecular formula is C52H80N6S2. The Hall–Kier alpha value is -2.66. The summed E-state index contributed by atoms with van der Waals surface area (Å²) >= 11 is 4.13. The molecule has 0 fully saturated rings. The first-order valence-corrected chi connectivity index (χ1v) is 24.3. The Morgan fingerprint density at radius 3 is 0.833 bits per heavy atom. The first-order valence-electron chi connectivity index (χ1n) is 22.3. The Morgan fingerprint density at radius 1 is 0.400 bits per heavy atom. The molecule has 0 spiro atoms. The third-order valence-electron chi connectivity index (χ3n) is 11.6. The van der Waals surface area contributed by atoms with Gasteiger partial charge < -0.3 is 0 Å². The summed E-state index contributed by atoms with van der Waals surface area (Å²) in [5.74, 6) is 2.05. The Bertz CT molecular complexity index is 1500. The van der Waals surface area contributed by atoms with Crippen LogP contribution in [0.5, 0.6) is 0 Å². The molecule has 2 aliphatic rings. The predicted molar refractivity (Wildman–Crippen MR) is 267 cm³/mol. The summed E-state index contributed by atoms with van der Waals surface area (Å²) in [4.78, 5) is 18.4. The molecule has 0 aromatic heterocycles. The van der Waals surface area contributed by atoms with Gasteiger partial charge in [-0.1, -0.05) is 102 Å². The van der Waals surface area contributed by atoms with Crippen molar-refractivity contribution in [3.8, 4) is 0 Å². The highest BCUT2D eigenvalue weighted by Crippen LogP contribution is 2.38. The predicted octanol–water partition coefficient (Wildman–Crippen LogP) is 10.1. The zero-order valence-corrected chi connectivity index (χ0v) is 40.3. The maximum absolute atomic E-state index is 4.22. The van der Waals surface area contributed by atoms with Crippen LogP contribution >= 0.6 is 23.5 Å². The van der Waals surface area contributed by atoms with E-state index >= 15 is 0 Å². The molecule has 0 aliphatic carbocycles. The second-order valence-electron chi connectivity index (χ2n) is 18.7. The van der Waals surface area contributed by atoms with E-state index in [2.05, 4.69) is 195 Å². The summed E-state index contributed by atoms with van der Waals surface area (Å²) in [5.41, 5.74) is 8.58. The second kappa shape index (κ2) is 24.8. The standard InChI is InChI=1S/C52H80N6S2/c1-13-19-53-25-29-55(21-15-3)39-43-35-47(51(7,8)9)37-45-41-57(23-17-5)31-27-54(20-14-2)28-32-58(24-18-6)42-46-38-48(52(10,11)12)36-44(40-56(22-16-4)30-26-53)50(46)60-34-33-59-49(43)45/h13-18,35-38H,1-6,19-34,39-42H2,7-12H3. The lowest BCUT2D eigenvalue weighted by Crippen LogP contribution is -2.40. The average Bonchev–Trinajstić information content (AvgIpc) is 3.18. The van der Waals surface area contributed by atoms with Gasteiger partial charge in [0.1, 0.15) is 0 Å². The Labute approximate surface area is 376 Å². The normalized spacial score (nSPS) is 18.8. The molecule has 2 bridgehead atoms. The van der Waals surface area contributed by atoms with Gasteiger partial charge in [-0.15, -0.1) is 63.0 Å². The Kier molecular flexibility index (Phi) is 20.7. The van der Waals surface area contributed by atoms with Crippen molar-refractivity contribution < 1.29 is 0 Å². The maximum Gasteiger partial charge on any atom is 0.0248 e. The summed E-state index contributed by atoms with van der Waals surface area (Å²) in [6.07, 6.45) is 12.4. The summed E-state index contributed by atoms with van der Waals surface area (Å²) < 4.78 is 0. The van der Waals surface area contributed by atoms with Crippen LogP contribution in [-0.2, 0) is 37.0 Å². The molecule has 2 heterocycles. The van der Waals surface area contributed by atoms with Crippen molar-refractivity contribution in [3.63, 3.8) is 0 Å². The fourth-order valence-electron chi connectivity index (χ4n) is 8.22. The van der Waals surface area contributed by atoms with E-state index < -0.39 is 0 Å². The highest BCUT2D eigenvalue weighted by molar-refractivity contribution is 8.03. The number of benzene rings is 2. The molecule has 330 valence electrons. The van der Waals surface area contributed by atoms with Gasteiger partial charge in [-0.3, -0.25) is 29.4 Å². The van der Waals surface area contributed by atoms with Gasteiger partial charge >= 0.3 is 0 Å². The Balaban J connectivity index is 1.99. The molecule has 0 saturated heterocycles. The SMILES string of the molecule is C=CCN1CCN(CC=C)Cc2cc(C(C)(C)C)cc3c2SCCSc2c(cc(C(C)(C)C)cc2CN(CC=C)CCN(CC=C)CCN(CC=C)C3)CN(CC=C)CC1. The van der Waals surface area contributed by atoms with Crippen molar-refractivity contribution in [2.75, 3.05) is 103 Å². The van der Waals surface area contributed by atoms with E-state index in [0.717, 1.165) is 129 Å². The van der Waals surface area contributed by atoms with E-state index in [0.29, 0.717) is 0 Å². The van der Waals surface area contributed by atoms with Crippen LogP contribution in [0.2, 0.25) is 0 Å². The van der Waals surface area contributed by atoms with Crippen LogP contribution in [0, 0.1) is 0 Å². The van der Waals surface area contributed by atoms with Crippen molar-refractivity contribution in [1.29, 1.82) is 0 Å². The third-order valence-corrected chi connectivity index (χ3v) is 14.3. The summed E-state index contributed by atoms with van der Waals surface area (Å²) in [5, 5.41) is 0. The lowest BCUT2D eigenvalue weighted by molar-refractivity contribution is 0.188. The molecule has 0 atom stereocenters. The highest BCUT2D eigenvalue weighted by atomic mass is 32.2. The van der Waals surface area contributed by atoms with Gasteiger partial charge in [0.15, 0.2) is 0 Å². The van der Waals surface area contributed by atoms with Gasteiger partial charge in [0.25, 0.3) is 0 Å². The molecule has 0 N–H and O–H groups in total.